The predicted molar refractivity (Wildman–Crippen MR) is 145 cm³/mol. The summed E-state index contributed by atoms with van der Waals surface area (Å²) in [5.41, 5.74) is 1.10. The molecule has 39 heavy (non-hydrogen) atoms. The highest BCUT2D eigenvalue weighted by Crippen LogP contribution is 2.41. The summed E-state index contributed by atoms with van der Waals surface area (Å²) in [6, 6.07) is 13.6. The van der Waals surface area contributed by atoms with E-state index in [9.17, 15) is 14.7 Å². The number of carbonyl (C=O) groups is 2. The molecule has 1 atom stereocenters. The molecule has 1 aromatic heterocycles. The molecule has 9 nitrogen and oxygen atoms in total. The fourth-order valence-corrected chi connectivity index (χ4v) is 5.09. The number of amides is 1. The number of ether oxygens (including phenoxy) is 3. The van der Waals surface area contributed by atoms with Crippen LogP contribution in [-0.4, -0.2) is 79.7 Å². The molecule has 2 aromatic carbocycles. The number of aliphatic hydroxyl groups excluding tert-OH is 1. The van der Waals surface area contributed by atoms with E-state index < -0.39 is 23.5 Å². The number of Topliss-reactive ketones (excluding diaryl/α,β-unsaturated/α-hetero) is 1. The third kappa shape index (κ3) is 5.51. The van der Waals surface area contributed by atoms with Gasteiger partial charge < -0.3 is 28.6 Å². The normalized spacial score (nSPS) is 18.3. The zero-order valence-electron chi connectivity index (χ0n) is 22.4. The standard InChI is InChI=1S/C30H34N2O7/c1-3-4-15-38-22-9-5-7-20(18-22)26-25(27(33)24-19-21-8-6-10-23(36-2)29(21)39-24)28(34)30(35)32(26)12-11-31-13-16-37-17-14-31/h5-10,18-19,26,34H,3-4,11-17H2,1-2H3. The molecule has 1 N–H and O–H groups in total. The van der Waals surface area contributed by atoms with Crippen LogP contribution < -0.4 is 9.47 Å². The summed E-state index contributed by atoms with van der Waals surface area (Å²) in [5, 5.41) is 11.8. The van der Waals surface area contributed by atoms with Crippen molar-refractivity contribution in [2.45, 2.75) is 25.8 Å². The number of hydrogen-bond acceptors (Lipinski definition) is 8. The molecule has 5 rings (SSSR count). The van der Waals surface area contributed by atoms with Gasteiger partial charge in [0, 0.05) is 31.6 Å². The Morgan fingerprint density at radius 2 is 1.90 bits per heavy atom. The maximum Gasteiger partial charge on any atom is 0.290 e. The summed E-state index contributed by atoms with van der Waals surface area (Å²) in [6.07, 6.45) is 1.92. The van der Waals surface area contributed by atoms with Crippen LogP contribution in [0.3, 0.4) is 0 Å². The third-order valence-electron chi connectivity index (χ3n) is 7.20. The quantitative estimate of drug-likeness (QED) is 0.283. The number of fused-ring (bicyclic) bond motifs is 1. The Hall–Kier alpha value is -3.82. The number of para-hydroxylation sites is 1. The summed E-state index contributed by atoms with van der Waals surface area (Å²) < 4.78 is 22.7. The SMILES string of the molecule is CCCCOc1cccc(C2C(C(=O)c3cc4cccc(OC)c4o3)=C(O)C(=O)N2CCN2CCOCC2)c1. The number of morpholine rings is 1. The Bertz CT molecular complexity index is 1370. The highest BCUT2D eigenvalue weighted by atomic mass is 16.5. The molecule has 0 aliphatic carbocycles. The van der Waals surface area contributed by atoms with Gasteiger partial charge >= 0.3 is 0 Å². The molecule has 0 spiro atoms. The van der Waals surface area contributed by atoms with Crippen LogP contribution >= 0.6 is 0 Å². The highest BCUT2D eigenvalue weighted by Gasteiger charge is 2.44. The number of carbonyl (C=O) groups excluding carboxylic acids is 2. The largest absolute Gasteiger partial charge is 0.503 e. The molecule has 1 unspecified atom stereocenters. The minimum atomic E-state index is -0.795. The summed E-state index contributed by atoms with van der Waals surface area (Å²) in [6.45, 7) is 6.38. The maximum atomic E-state index is 13.9. The lowest BCUT2D eigenvalue weighted by Gasteiger charge is -2.31. The van der Waals surface area contributed by atoms with E-state index in [2.05, 4.69) is 11.8 Å². The summed E-state index contributed by atoms with van der Waals surface area (Å²) >= 11 is 0. The maximum absolute atomic E-state index is 13.9. The molecule has 1 amide bonds. The van der Waals surface area contributed by atoms with Gasteiger partial charge in [0.05, 0.1) is 38.5 Å². The van der Waals surface area contributed by atoms with Gasteiger partial charge in [0.2, 0.25) is 5.78 Å². The van der Waals surface area contributed by atoms with E-state index in [0.29, 0.717) is 60.9 Å². The van der Waals surface area contributed by atoms with Crippen molar-refractivity contribution in [3.63, 3.8) is 0 Å². The molecule has 1 saturated heterocycles. The molecule has 3 aromatic rings. The van der Waals surface area contributed by atoms with Gasteiger partial charge in [-0.15, -0.1) is 0 Å². The van der Waals surface area contributed by atoms with Crippen LogP contribution in [-0.2, 0) is 9.53 Å². The first-order chi connectivity index (χ1) is 19.0. The zero-order chi connectivity index (χ0) is 27.4. The van der Waals surface area contributed by atoms with Crippen molar-refractivity contribution in [3.8, 4) is 11.5 Å². The fraction of sp³-hybridized carbons (Fsp3) is 0.400. The molecular weight excluding hydrogens is 500 g/mol. The Morgan fingerprint density at radius 1 is 1.10 bits per heavy atom. The Labute approximate surface area is 227 Å². The van der Waals surface area contributed by atoms with E-state index in [0.717, 1.165) is 25.9 Å². The molecule has 2 aliphatic rings. The van der Waals surface area contributed by atoms with Crippen molar-refractivity contribution >= 4 is 22.7 Å². The summed E-state index contributed by atoms with van der Waals surface area (Å²) in [7, 11) is 1.53. The minimum absolute atomic E-state index is 0.00860. The average Bonchev–Trinajstić information content (AvgIpc) is 3.51. The van der Waals surface area contributed by atoms with Gasteiger partial charge in [0.25, 0.3) is 5.91 Å². The molecular formula is C30H34N2O7. The molecule has 9 heteroatoms. The molecule has 2 aliphatic heterocycles. The molecule has 3 heterocycles. The van der Waals surface area contributed by atoms with Crippen molar-refractivity contribution in [3.05, 3.63) is 71.2 Å². The molecule has 206 valence electrons. The van der Waals surface area contributed by atoms with Crippen LogP contribution in [0.4, 0.5) is 0 Å². The number of ketones is 1. The zero-order valence-corrected chi connectivity index (χ0v) is 22.4. The Kier molecular flexibility index (Phi) is 8.18. The van der Waals surface area contributed by atoms with E-state index in [1.807, 2.05) is 30.3 Å². The van der Waals surface area contributed by atoms with Gasteiger partial charge in [0.1, 0.15) is 5.75 Å². The number of aliphatic hydroxyl groups is 1. The van der Waals surface area contributed by atoms with Crippen molar-refractivity contribution < 1.29 is 33.3 Å². The molecule has 0 radical (unpaired) electrons. The number of nitrogens with zero attached hydrogens (tertiary/aromatic N) is 2. The first-order valence-electron chi connectivity index (χ1n) is 13.4. The van der Waals surface area contributed by atoms with E-state index in [4.69, 9.17) is 18.6 Å². The van der Waals surface area contributed by atoms with Crippen molar-refractivity contribution in [2.75, 3.05) is 53.1 Å². The predicted octanol–water partition coefficient (Wildman–Crippen LogP) is 4.53. The number of hydrogen-bond donors (Lipinski definition) is 1. The summed E-state index contributed by atoms with van der Waals surface area (Å²) in [4.78, 5) is 31.1. The van der Waals surface area contributed by atoms with Crippen molar-refractivity contribution in [1.82, 2.24) is 9.80 Å². The molecule has 0 saturated carbocycles. The van der Waals surface area contributed by atoms with Crippen LogP contribution in [0.15, 0.2) is 64.3 Å². The van der Waals surface area contributed by atoms with Crippen molar-refractivity contribution in [2.24, 2.45) is 0 Å². The smallest absolute Gasteiger partial charge is 0.290 e. The lowest BCUT2D eigenvalue weighted by molar-refractivity contribution is -0.129. The van der Waals surface area contributed by atoms with Crippen molar-refractivity contribution in [1.29, 1.82) is 0 Å². The number of methoxy groups -OCH3 is 1. The highest BCUT2D eigenvalue weighted by molar-refractivity contribution is 6.16. The first kappa shape index (κ1) is 26.8. The summed E-state index contributed by atoms with van der Waals surface area (Å²) in [5.74, 6) is -0.519. The van der Waals surface area contributed by atoms with Gasteiger partial charge in [-0.2, -0.15) is 0 Å². The second-order valence-corrected chi connectivity index (χ2v) is 9.71. The number of rotatable bonds is 11. The average molecular weight is 535 g/mol. The number of unbranched alkanes of at least 4 members (excludes halogenated alkanes) is 1. The van der Waals surface area contributed by atoms with Gasteiger partial charge in [-0.1, -0.05) is 37.6 Å². The lowest BCUT2D eigenvalue weighted by atomic mass is 9.94. The van der Waals surface area contributed by atoms with E-state index >= 15 is 0 Å². The monoisotopic (exact) mass is 534 g/mol. The topological polar surface area (TPSA) is 102 Å². The number of benzene rings is 2. The van der Waals surface area contributed by atoms with Crippen LogP contribution in [0.2, 0.25) is 0 Å². The lowest BCUT2D eigenvalue weighted by Crippen LogP contribution is -2.43. The van der Waals surface area contributed by atoms with Crippen LogP contribution in [0.5, 0.6) is 11.5 Å². The second kappa shape index (κ2) is 11.9. The van der Waals surface area contributed by atoms with Gasteiger partial charge in [0.15, 0.2) is 22.9 Å². The molecule has 0 bridgehead atoms. The number of furan rings is 1. The second-order valence-electron chi connectivity index (χ2n) is 9.71. The van der Waals surface area contributed by atoms with Crippen LogP contribution in [0.1, 0.15) is 41.9 Å². The van der Waals surface area contributed by atoms with Crippen LogP contribution in [0, 0.1) is 0 Å². The first-order valence-corrected chi connectivity index (χ1v) is 13.4. The Morgan fingerprint density at radius 3 is 2.67 bits per heavy atom. The van der Waals surface area contributed by atoms with Gasteiger partial charge in [-0.3, -0.25) is 14.5 Å². The van der Waals surface area contributed by atoms with Gasteiger partial charge in [-0.05, 0) is 36.2 Å². The van der Waals surface area contributed by atoms with Crippen LogP contribution in [0.25, 0.3) is 11.0 Å². The fourth-order valence-electron chi connectivity index (χ4n) is 5.09. The molecule has 1 fully saturated rings. The third-order valence-corrected chi connectivity index (χ3v) is 7.20. The van der Waals surface area contributed by atoms with Gasteiger partial charge in [-0.25, -0.2) is 0 Å². The van der Waals surface area contributed by atoms with E-state index in [1.165, 1.54) is 7.11 Å². The van der Waals surface area contributed by atoms with E-state index in [1.54, 1.807) is 23.1 Å². The minimum Gasteiger partial charge on any atom is -0.503 e. The van der Waals surface area contributed by atoms with E-state index in [-0.39, 0.29) is 11.3 Å². The Balaban J connectivity index is 1.50.